The fraction of sp³-hybridized carbons (Fsp3) is 0.222. The summed E-state index contributed by atoms with van der Waals surface area (Å²) in [5, 5.41) is 9.39. The van der Waals surface area contributed by atoms with Gasteiger partial charge >= 0.3 is 0 Å². The molecule has 1 N–H and O–H groups in total. The van der Waals surface area contributed by atoms with Gasteiger partial charge in [0.2, 0.25) is 0 Å². The van der Waals surface area contributed by atoms with Gasteiger partial charge in [-0.2, -0.15) is 0 Å². The second-order valence-corrected chi connectivity index (χ2v) is 2.61. The molecule has 0 heterocycles. The normalized spacial score (nSPS) is 8.83. The van der Waals surface area contributed by atoms with E-state index in [9.17, 15) is 5.11 Å². The van der Waals surface area contributed by atoms with Crippen molar-refractivity contribution < 1.29 is 22.5 Å². The Hall–Kier alpha value is -0.778. The van der Waals surface area contributed by atoms with Gasteiger partial charge in [0, 0.05) is 17.4 Å². The Balaban J connectivity index is 0.00000121. The first-order chi connectivity index (χ1) is 5.15. The van der Waals surface area contributed by atoms with Crippen molar-refractivity contribution in [3.63, 3.8) is 0 Å². The molecule has 0 amide bonds. The minimum absolute atomic E-state index is 0. The van der Waals surface area contributed by atoms with Gasteiger partial charge in [-0.15, -0.1) is 0 Å². The number of hydrogen-bond donors (Lipinski definition) is 1. The molecule has 0 unspecified atom stereocenters. The quantitative estimate of drug-likeness (QED) is 0.695. The number of aryl methyl sites for hydroxylation is 2. The van der Waals surface area contributed by atoms with Crippen LogP contribution in [-0.4, -0.2) is 11.8 Å². The van der Waals surface area contributed by atoms with Crippen LogP contribution in [0.25, 0.3) is 0 Å². The van der Waals surface area contributed by atoms with E-state index in [0.29, 0.717) is 5.69 Å². The van der Waals surface area contributed by atoms with Gasteiger partial charge in [0.15, 0.2) is 0 Å². The summed E-state index contributed by atoms with van der Waals surface area (Å²) >= 11 is 0. The minimum atomic E-state index is 0. The van der Waals surface area contributed by atoms with Crippen molar-refractivity contribution in [2.24, 2.45) is 4.99 Å². The molecule has 2 nitrogen and oxygen atoms in total. The number of aromatic hydroxyl groups is 1. The summed E-state index contributed by atoms with van der Waals surface area (Å²) in [7, 11) is 0. The number of aliphatic imine (C=N–C) groups is 1. The summed E-state index contributed by atoms with van der Waals surface area (Å²) in [4.78, 5) is 3.69. The van der Waals surface area contributed by atoms with Gasteiger partial charge in [0.1, 0.15) is 11.4 Å². The van der Waals surface area contributed by atoms with Crippen molar-refractivity contribution in [3.05, 3.63) is 23.3 Å². The van der Waals surface area contributed by atoms with E-state index in [4.69, 9.17) is 0 Å². The number of benzene rings is 1. The predicted molar refractivity (Wildman–Crippen MR) is 46.8 cm³/mol. The van der Waals surface area contributed by atoms with E-state index in [1.165, 1.54) is 0 Å². The second kappa shape index (κ2) is 4.30. The maximum Gasteiger partial charge on any atom is 0.144 e. The van der Waals surface area contributed by atoms with E-state index >= 15 is 0 Å². The van der Waals surface area contributed by atoms with Crippen LogP contribution in [0.5, 0.6) is 5.75 Å². The van der Waals surface area contributed by atoms with Crippen LogP contribution in [0.15, 0.2) is 17.1 Å². The Bertz CT molecular complexity index is 297. The summed E-state index contributed by atoms with van der Waals surface area (Å²) in [6.45, 7) is 7.17. The zero-order chi connectivity index (χ0) is 8.43. The Morgan fingerprint density at radius 3 is 2.42 bits per heavy atom. The number of rotatable bonds is 1. The Morgan fingerprint density at radius 1 is 1.33 bits per heavy atom. The monoisotopic (exact) mass is 201 g/mol. The minimum Gasteiger partial charge on any atom is -0.505 e. The van der Waals surface area contributed by atoms with Crippen LogP contribution >= 0.6 is 0 Å². The summed E-state index contributed by atoms with van der Waals surface area (Å²) in [6, 6.07) is 3.71. The van der Waals surface area contributed by atoms with Crippen molar-refractivity contribution in [2.45, 2.75) is 13.8 Å². The number of phenols is 1. The molecule has 64 valence electrons. The largest absolute Gasteiger partial charge is 0.505 e. The number of nitrogens with zero attached hydrogens (tertiary/aromatic N) is 1. The summed E-state index contributed by atoms with van der Waals surface area (Å²) in [5.74, 6) is 0.227. The van der Waals surface area contributed by atoms with Gasteiger partial charge in [-0.3, -0.25) is 4.99 Å². The van der Waals surface area contributed by atoms with Crippen LogP contribution in [0, 0.1) is 13.8 Å². The molecule has 0 atom stereocenters. The fourth-order valence-electron chi connectivity index (χ4n) is 1.06. The molecule has 0 aliphatic carbocycles. The van der Waals surface area contributed by atoms with Gasteiger partial charge in [0.25, 0.3) is 0 Å². The molecule has 0 bridgehead atoms. The SMILES string of the molecule is C=Nc1cc(C)cc(C)c1O.[Cr]. The standard InChI is InChI=1S/C9H11NO.Cr/c1-6-4-7(2)9(11)8(5-6)10-3;/h4-5,11H,3H2,1-2H3;. The summed E-state index contributed by atoms with van der Waals surface area (Å²) in [5.41, 5.74) is 2.48. The van der Waals surface area contributed by atoms with Crippen LogP contribution in [0.3, 0.4) is 0 Å². The van der Waals surface area contributed by atoms with E-state index in [1.807, 2.05) is 19.9 Å². The Morgan fingerprint density at radius 2 is 1.92 bits per heavy atom. The van der Waals surface area contributed by atoms with Gasteiger partial charge in [0.05, 0.1) is 0 Å². The molecule has 0 radical (unpaired) electrons. The maximum atomic E-state index is 9.39. The van der Waals surface area contributed by atoms with E-state index < -0.39 is 0 Å². The molecule has 3 heteroatoms. The smallest absolute Gasteiger partial charge is 0.144 e. The third kappa shape index (κ3) is 2.10. The molecular weight excluding hydrogens is 190 g/mol. The maximum absolute atomic E-state index is 9.39. The third-order valence-electron chi connectivity index (χ3n) is 1.60. The molecule has 0 aliphatic rings. The van der Waals surface area contributed by atoms with Crippen LogP contribution in [-0.2, 0) is 17.4 Å². The summed E-state index contributed by atoms with van der Waals surface area (Å²) < 4.78 is 0. The zero-order valence-electron chi connectivity index (χ0n) is 7.16. The Kier molecular flexibility index (Phi) is 4.02. The first-order valence-corrected chi connectivity index (χ1v) is 3.42. The van der Waals surface area contributed by atoms with Crippen molar-refractivity contribution in [3.8, 4) is 5.75 Å². The molecule has 0 fully saturated rings. The van der Waals surface area contributed by atoms with E-state index in [-0.39, 0.29) is 23.1 Å². The predicted octanol–water partition coefficient (Wildman–Crippen LogP) is 2.34. The van der Waals surface area contributed by atoms with Crippen molar-refractivity contribution >= 4 is 12.4 Å². The third-order valence-corrected chi connectivity index (χ3v) is 1.60. The number of hydrogen-bond acceptors (Lipinski definition) is 2. The molecule has 1 aromatic carbocycles. The topological polar surface area (TPSA) is 32.6 Å². The molecule has 1 rings (SSSR count). The molecule has 0 aromatic heterocycles. The molecule has 0 saturated carbocycles. The van der Waals surface area contributed by atoms with Crippen LogP contribution in [0.4, 0.5) is 5.69 Å². The van der Waals surface area contributed by atoms with Gasteiger partial charge in [-0.25, -0.2) is 0 Å². The van der Waals surface area contributed by atoms with Gasteiger partial charge < -0.3 is 5.11 Å². The molecule has 0 aliphatic heterocycles. The Labute approximate surface area is 83.1 Å². The van der Waals surface area contributed by atoms with E-state index in [2.05, 4.69) is 11.7 Å². The molecule has 12 heavy (non-hydrogen) atoms. The average Bonchev–Trinajstić information content (AvgIpc) is 1.96. The summed E-state index contributed by atoms with van der Waals surface area (Å²) in [6.07, 6.45) is 0. The number of phenolic OH excluding ortho intramolecular Hbond substituents is 1. The van der Waals surface area contributed by atoms with E-state index in [1.54, 1.807) is 6.07 Å². The molecular formula is C9H11CrNO. The zero-order valence-corrected chi connectivity index (χ0v) is 8.44. The average molecular weight is 201 g/mol. The van der Waals surface area contributed by atoms with Crippen LogP contribution in [0.2, 0.25) is 0 Å². The van der Waals surface area contributed by atoms with Crippen molar-refractivity contribution in [1.82, 2.24) is 0 Å². The van der Waals surface area contributed by atoms with Crippen molar-refractivity contribution in [1.29, 1.82) is 0 Å². The van der Waals surface area contributed by atoms with E-state index in [0.717, 1.165) is 11.1 Å². The first kappa shape index (κ1) is 11.2. The van der Waals surface area contributed by atoms with Gasteiger partial charge in [-0.05, 0) is 37.8 Å². The first-order valence-electron chi connectivity index (χ1n) is 3.42. The molecule has 1 aromatic rings. The molecule has 0 saturated heterocycles. The van der Waals surface area contributed by atoms with Gasteiger partial charge in [-0.1, -0.05) is 6.07 Å². The second-order valence-electron chi connectivity index (χ2n) is 2.61. The van der Waals surface area contributed by atoms with Crippen LogP contribution in [0.1, 0.15) is 11.1 Å². The van der Waals surface area contributed by atoms with Crippen molar-refractivity contribution in [2.75, 3.05) is 0 Å². The molecule has 0 spiro atoms. The van der Waals surface area contributed by atoms with Crippen LogP contribution < -0.4 is 0 Å². The fourth-order valence-corrected chi connectivity index (χ4v) is 1.06.